The number of alkyl carbamates (subject to hydrolysis) is 1. The lowest BCUT2D eigenvalue weighted by Gasteiger charge is -2.45. The maximum absolute atomic E-state index is 15.9. The van der Waals surface area contributed by atoms with Gasteiger partial charge in [0.1, 0.15) is 43.7 Å². The number of oxime groups is 1. The number of Topliss-reactive ketones (excluding diaryl/α,β-unsaturated/α-hetero) is 1. The first-order valence-electron chi connectivity index (χ1n) is 29.4. The average molecular weight is 1150 g/mol. The number of hydrogen-bond acceptors (Lipinski definition) is 20. The first-order valence-corrected chi connectivity index (χ1v) is 29.4. The van der Waals surface area contributed by atoms with Gasteiger partial charge in [-0.2, -0.15) is 0 Å². The minimum atomic E-state index is -1.95. The van der Waals surface area contributed by atoms with Crippen molar-refractivity contribution in [3.63, 3.8) is 0 Å². The van der Waals surface area contributed by atoms with Gasteiger partial charge in [0, 0.05) is 76.4 Å². The number of aliphatic hydroxyl groups excluding tert-OH is 2. The predicted molar refractivity (Wildman–Crippen MR) is 297 cm³/mol. The SMILES string of the molecule is CON=C1C[C@@H](C)O[C@@H](OC2C(C)CC(C)(OC(=O)NCc3ccccc3)C(=O)C(C)C(OC(=O)CC(C)C)C(C)C(C(C)CO[C@@H]3O[C@H](C)[C@@H](O)[C@@H](OC)[C@H]3OC)OC(=O)C(C)C(O[C@H]3CC(C)N(C4CC4)C[C@H](C)O3)C2C)[C@@H]1O. The van der Waals surface area contributed by atoms with Crippen LogP contribution in [0, 0.1) is 41.4 Å². The van der Waals surface area contributed by atoms with Crippen LogP contribution in [0.1, 0.15) is 134 Å². The van der Waals surface area contributed by atoms with Crippen molar-refractivity contribution in [2.24, 2.45) is 46.6 Å². The molecule has 0 spiro atoms. The second kappa shape index (κ2) is 29.8. The molecule has 460 valence electrons. The number of methoxy groups -OCH3 is 2. The zero-order chi connectivity index (χ0) is 59.6. The fourth-order valence-corrected chi connectivity index (χ4v) is 12.5. The number of amides is 1. The number of cyclic esters (lactones) is 1. The Labute approximate surface area is 480 Å². The van der Waals surface area contributed by atoms with Crippen molar-refractivity contribution in [2.45, 2.75) is 239 Å². The number of esters is 2. The third-order valence-electron chi connectivity index (χ3n) is 17.0. The molecule has 0 radical (unpaired) electrons. The number of aliphatic hydroxyl groups is 2. The summed E-state index contributed by atoms with van der Waals surface area (Å²) in [6.45, 7) is 24.3. The summed E-state index contributed by atoms with van der Waals surface area (Å²) in [4.78, 5) is 67.3. The molecule has 4 saturated heterocycles. The van der Waals surface area contributed by atoms with Crippen molar-refractivity contribution in [1.29, 1.82) is 0 Å². The summed E-state index contributed by atoms with van der Waals surface area (Å²) in [5.41, 5.74) is -0.862. The second-order valence-corrected chi connectivity index (χ2v) is 24.5. The molecular formula is C60H97N3O18. The van der Waals surface area contributed by atoms with Crippen LogP contribution in [-0.4, -0.2) is 183 Å². The van der Waals surface area contributed by atoms with Gasteiger partial charge < -0.3 is 72.5 Å². The number of benzene rings is 1. The third-order valence-corrected chi connectivity index (χ3v) is 17.0. The van der Waals surface area contributed by atoms with Crippen molar-refractivity contribution < 1.29 is 86.3 Å². The molecular weight excluding hydrogens is 1050 g/mol. The molecule has 0 bridgehead atoms. The van der Waals surface area contributed by atoms with E-state index in [0.29, 0.717) is 24.7 Å². The van der Waals surface area contributed by atoms with E-state index in [1.165, 1.54) is 21.3 Å². The molecule has 5 aliphatic rings. The highest BCUT2D eigenvalue weighted by atomic mass is 16.7. The topological polar surface area (TPSA) is 247 Å². The maximum atomic E-state index is 15.9. The number of ether oxygens (including phenoxy) is 11. The van der Waals surface area contributed by atoms with E-state index in [9.17, 15) is 19.8 Å². The summed E-state index contributed by atoms with van der Waals surface area (Å²) in [7, 11) is 4.31. The third kappa shape index (κ3) is 17.2. The first kappa shape index (κ1) is 66.3. The highest BCUT2D eigenvalue weighted by molar-refractivity contribution is 5.91. The van der Waals surface area contributed by atoms with E-state index in [2.05, 4.69) is 22.3 Å². The number of carbonyl (C=O) groups is 4. The molecule has 5 fully saturated rings. The molecule has 1 aromatic carbocycles. The molecule has 22 atom stereocenters. The molecule has 1 saturated carbocycles. The Morgan fingerprint density at radius 1 is 0.815 bits per heavy atom. The highest BCUT2D eigenvalue weighted by Gasteiger charge is 2.53. The van der Waals surface area contributed by atoms with Crippen LogP contribution in [0.15, 0.2) is 35.5 Å². The lowest BCUT2D eigenvalue weighted by Crippen LogP contribution is -2.59. The van der Waals surface area contributed by atoms with Crippen molar-refractivity contribution in [1.82, 2.24) is 10.2 Å². The standard InChI is InChI=1S/C60H97N3O18/c1-31(2)24-45(64)77-51-38(9)50(33(4)30-73-58-54(71-15)53(70-14)47(65)41(12)76-58)79-56(68)40(11)52(78-46-25-34(5)63(43-22-23-43)29-36(7)74-46)37(8)49(80-57-48(66)44(62-72-16)26-35(6)75-57)32(3)27-60(13,55(67)39(51)10)81-59(69)61-28-42-20-18-17-19-21-42/h17-21,31-41,43,46-54,57-58,65-66H,22-30H2,1-16H3,(H,61,69)/t32?,33?,34?,35-,36+,37?,38?,39?,40?,41-,46+,47-,48-,49?,50?,51?,52?,53-,54-,57+,58-,60?/m1/s1. The average Bonchev–Trinajstić information content (AvgIpc) is 4.34. The normalized spacial score (nSPS) is 39.7. The minimum Gasteiger partial charge on any atom is -0.461 e. The van der Waals surface area contributed by atoms with Crippen molar-refractivity contribution >= 4 is 29.5 Å². The van der Waals surface area contributed by atoms with Gasteiger partial charge in [0.25, 0.3) is 0 Å². The molecule has 12 unspecified atom stereocenters. The Kier molecular flexibility index (Phi) is 24.4. The lowest BCUT2D eigenvalue weighted by atomic mass is 9.74. The Morgan fingerprint density at radius 3 is 2.12 bits per heavy atom. The summed E-state index contributed by atoms with van der Waals surface area (Å²) in [6.07, 6.45) is -11.2. The van der Waals surface area contributed by atoms with Crippen LogP contribution in [0.5, 0.6) is 0 Å². The molecule has 6 rings (SSSR count). The number of ketones is 1. The van der Waals surface area contributed by atoms with Crippen LogP contribution in [-0.2, 0) is 77.9 Å². The summed E-state index contributed by atoms with van der Waals surface area (Å²) < 4.78 is 70.8. The summed E-state index contributed by atoms with van der Waals surface area (Å²) in [5.74, 6) is -7.32. The zero-order valence-corrected chi connectivity index (χ0v) is 50.9. The number of rotatable bonds is 18. The van der Waals surface area contributed by atoms with Crippen LogP contribution < -0.4 is 5.32 Å². The van der Waals surface area contributed by atoms with Crippen LogP contribution in [0.25, 0.3) is 0 Å². The summed E-state index contributed by atoms with van der Waals surface area (Å²) in [6, 6.07) is 9.77. The van der Waals surface area contributed by atoms with Gasteiger partial charge in [0.15, 0.2) is 30.3 Å². The molecule has 21 nitrogen and oxygen atoms in total. The monoisotopic (exact) mass is 1150 g/mol. The van der Waals surface area contributed by atoms with Gasteiger partial charge in [-0.15, -0.1) is 0 Å². The highest BCUT2D eigenvalue weighted by Crippen LogP contribution is 2.41. The number of nitrogens with zero attached hydrogens (tertiary/aromatic N) is 2. The van der Waals surface area contributed by atoms with Gasteiger partial charge in [-0.25, -0.2) is 4.79 Å². The number of carbonyl (C=O) groups excluding carboxylic acids is 4. The Hall–Kier alpha value is -3.87. The lowest BCUT2D eigenvalue weighted by molar-refractivity contribution is -0.305. The fourth-order valence-electron chi connectivity index (χ4n) is 12.5. The van der Waals surface area contributed by atoms with Gasteiger partial charge in [-0.1, -0.05) is 84.0 Å². The summed E-state index contributed by atoms with van der Waals surface area (Å²) >= 11 is 0. The fraction of sp³-hybridized carbons (Fsp3) is 0.817. The quantitative estimate of drug-likeness (QED) is 0.0782. The van der Waals surface area contributed by atoms with Crippen LogP contribution in [0.2, 0.25) is 0 Å². The Balaban J connectivity index is 1.50. The van der Waals surface area contributed by atoms with E-state index in [1.54, 1.807) is 34.6 Å². The first-order chi connectivity index (χ1) is 38.3. The van der Waals surface area contributed by atoms with E-state index < -0.39 is 145 Å². The van der Waals surface area contributed by atoms with Gasteiger partial charge in [-0.3, -0.25) is 19.3 Å². The molecule has 4 aliphatic heterocycles. The largest absolute Gasteiger partial charge is 0.461 e. The predicted octanol–water partition coefficient (Wildman–Crippen LogP) is 6.74. The van der Waals surface area contributed by atoms with Crippen LogP contribution in [0.4, 0.5) is 4.79 Å². The second-order valence-electron chi connectivity index (χ2n) is 24.5. The minimum absolute atomic E-state index is 0.0123. The summed E-state index contributed by atoms with van der Waals surface area (Å²) in [5, 5.41) is 29.8. The van der Waals surface area contributed by atoms with Crippen LogP contribution >= 0.6 is 0 Å². The van der Waals surface area contributed by atoms with Gasteiger partial charge in [0.2, 0.25) is 0 Å². The smallest absolute Gasteiger partial charge is 0.408 e. The van der Waals surface area contributed by atoms with Gasteiger partial charge >= 0.3 is 18.0 Å². The Bertz CT molecular complexity index is 2200. The van der Waals surface area contributed by atoms with Gasteiger partial charge in [0.05, 0.1) is 54.7 Å². The molecule has 1 aliphatic carbocycles. The molecule has 21 heteroatoms. The molecule has 0 aromatic heterocycles. The van der Waals surface area contributed by atoms with E-state index in [-0.39, 0.29) is 50.5 Å². The van der Waals surface area contributed by atoms with Crippen molar-refractivity contribution in [3.05, 3.63) is 35.9 Å². The van der Waals surface area contributed by atoms with E-state index in [0.717, 1.165) is 18.4 Å². The zero-order valence-electron chi connectivity index (χ0n) is 50.9. The Morgan fingerprint density at radius 2 is 1.49 bits per heavy atom. The molecule has 1 amide bonds. The molecule has 1 aromatic rings. The van der Waals surface area contributed by atoms with Gasteiger partial charge in [-0.05, 0) is 78.2 Å². The molecule has 81 heavy (non-hydrogen) atoms. The number of nitrogens with one attached hydrogen (secondary N) is 1. The molecule has 4 heterocycles. The number of hydrogen-bond donors (Lipinski definition) is 3. The maximum Gasteiger partial charge on any atom is 0.408 e. The van der Waals surface area contributed by atoms with E-state index in [4.69, 9.17) is 56.9 Å². The van der Waals surface area contributed by atoms with Crippen molar-refractivity contribution in [3.8, 4) is 0 Å². The van der Waals surface area contributed by atoms with E-state index >= 15 is 9.59 Å². The molecule has 3 N–H and O–H groups in total. The van der Waals surface area contributed by atoms with E-state index in [1.807, 2.05) is 78.8 Å². The van der Waals surface area contributed by atoms with Crippen molar-refractivity contribution in [2.75, 3.05) is 34.5 Å². The van der Waals surface area contributed by atoms with Crippen LogP contribution in [0.3, 0.4) is 0 Å².